The summed E-state index contributed by atoms with van der Waals surface area (Å²) in [6, 6.07) is 0. The Hall–Kier alpha value is -0.850. The molecule has 1 heteroatoms. The van der Waals surface area contributed by atoms with E-state index in [1.807, 2.05) is 0 Å². The van der Waals surface area contributed by atoms with Crippen LogP contribution in [0.15, 0.2) is 23.8 Å². The number of rotatable bonds is 2. The van der Waals surface area contributed by atoms with Gasteiger partial charge in [0.25, 0.3) is 0 Å². The first-order valence-corrected chi connectivity index (χ1v) is 6.41. The molecule has 0 bridgehead atoms. The zero-order chi connectivity index (χ0) is 11.8. The molecule has 1 unspecified atom stereocenters. The Labute approximate surface area is 98.6 Å². The monoisotopic (exact) mass is 218 g/mol. The second-order valence-corrected chi connectivity index (χ2v) is 5.76. The van der Waals surface area contributed by atoms with Gasteiger partial charge in [0.2, 0.25) is 0 Å². The molecule has 0 aromatic rings. The minimum Gasteiger partial charge on any atom is -0.298 e. The van der Waals surface area contributed by atoms with Crippen LogP contribution < -0.4 is 0 Å². The molecular weight excluding hydrogens is 196 g/mol. The normalized spacial score (nSPS) is 38.5. The highest BCUT2D eigenvalue weighted by atomic mass is 16.1. The third kappa shape index (κ3) is 1.77. The van der Waals surface area contributed by atoms with E-state index in [1.54, 1.807) is 5.57 Å². The summed E-state index contributed by atoms with van der Waals surface area (Å²) in [5.74, 6) is 1.16. The predicted octanol–water partition coefficient (Wildman–Crippen LogP) is 3.90. The summed E-state index contributed by atoms with van der Waals surface area (Å²) < 4.78 is 0. The van der Waals surface area contributed by atoms with Crippen LogP contribution in [0.5, 0.6) is 0 Å². The first-order valence-electron chi connectivity index (χ1n) is 6.41. The lowest BCUT2D eigenvalue weighted by atomic mass is 9.58. The highest BCUT2D eigenvalue weighted by molar-refractivity contribution is 5.73. The predicted molar refractivity (Wildman–Crippen MR) is 67.1 cm³/mol. The van der Waals surface area contributed by atoms with Crippen molar-refractivity contribution in [3.63, 3.8) is 0 Å². The molecule has 2 aliphatic carbocycles. The van der Waals surface area contributed by atoms with Gasteiger partial charge >= 0.3 is 0 Å². The van der Waals surface area contributed by atoms with Crippen LogP contribution in [-0.2, 0) is 4.79 Å². The fraction of sp³-hybridized carbons (Fsp3) is 0.667. The molecule has 0 spiro atoms. The van der Waals surface area contributed by atoms with Crippen LogP contribution >= 0.6 is 0 Å². The van der Waals surface area contributed by atoms with Crippen LogP contribution in [0.3, 0.4) is 0 Å². The quantitative estimate of drug-likeness (QED) is 0.390. The lowest BCUT2D eigenvalue weighted by Crippen LogP contribution is -2.36. The summed E-state index contributed by atoms with van der Waals surface area (Å²) in [5.41, 5.74) is 2.77. The fourth-order valence-corrected chi connectivity index (χ4v) is 3.45. The standard InChI is InChI=1S/C15H22O/c1-11(10-16)13-7-8-14-6-4-5-12(2)15(14,3)9-13/h6,10,12-13H,1,4-5,7-9H2,2-3H3/t12-,13?,15+/m1/s1. The van der Waals surface area contributed by atoms with Gasteiger partial charge in [-0.2, -0.15) is 0 Å². The number of aldehydes is 1. The average molecular weight is 218 g/mol. The van der Waals surface area contributed by atoms with Gasteiger partial charge in [-0.15, -0.1) is 0 Å². The lowest BCUT2D eigenvalue weighted by Gasteiger charge is -2.47. The van der Waals surface area contributed by atoms with Crippen LogP contribution in [0.25, 0.3) is 0 Å². The summed E-state index contributed by atoms with van der Waals surface area (Å²) in [5, 5.41) is 0. The third-order valence-electron chi connectivity index (χ3n) is 4.92. The van der Waals surface area contributed by atoms with Gasteiger partial charge in [-0.05, 0) is 54.9 Å². The molecular formula is C15H22O. The number of hydrogen-bond donors (Lipinski definition) is 0. The van der Waals surface area contributed by atoms with Crippen molar-refractivity contribution in [3.8, 4) is 0 Å². The summed E-state index contributed by atoms with van der Waals surface area (Å²) in [4.78, 5) is 10.8. The van der Waals surface area contributed by atoms with E-state index in [0.717, 1.165) is 30.6 Å². The molecule has 3 atom stereocenters. The van der Waals surface area contributed by atoms with Gasteiger partial charge < -0.3 is 0 Å². The topological polar surface area (TPSA) is 17.1 Å². The molecule has 2 aliphatic rings. The summed E-state index contributed by atoms with van der Waals surface area (Å²) in [7, 11) is 0. The van der Waals surface area contributed by atoms with Crippen molar-refractivity contribution < 1.29 is 4.79 Å². The number of allylic oxidation sites excluding steroid dienone is 3. The molecule has 0 radical (unpaired) electrons. The maximum atomic E-state index is 10.8. The van der Waals surface area contributed by atoms with E-state index in [-0.39, 0.29) is 0 Å². The van der Waals surface area contributed by atoms with Crippen molar-refractivity contribution in [3.05, 3.63) is 23.8 Å². The van der Waals surface area contributed by atoms with Gasteiger partial charge in [0.05, 0.1) is 0 Å². The maximum absolute atomic E-state index is 10.8. The van der Waals surface area contributed by atoms with Crippen molar-refractivity contribution in [1.29, 1.82) is 0 Å². The number of carbonyl (C=O) groups is 1. The molecule has 0 N–H and O–H groups in total. The van der Waals surface area contributed by atoms with E-state index in [2.05, 4.69) is 26.5 Å². The lowest BCUT2D eigenvalue weighted by molar-refractivity contribution is -0.105. The van der Waals surface area contributed by atoms with E-state index >= 15 is 0 Å². The summed E-state index contributed by atoms with van der Waals surface area (Å²) >= 11 is 0. The Kier molecular flexibility index (Phi) is 3.05. The van der Waals surface area contributed by atoms with Crippen molar-refractivity contribution >= 4 is 6.29 Å². The van der Waals surface area contributed by atoms with Crippen LogP contribution in [0.4, 0.5) is 0 Å². The minimum absolute atomic E-state index is 0.327. The maximum Gasteiger partial charge on any atom is 0.145 e. The molecule has 0 heterocycles. The zero-order valence-corrected chi connectivity index (χ0v) is 10.5. The number of carbonyl (C=O) groups excluding carboxylic acids is 1. The van der Waals surface area contributed by atoms with Gasteiger partial charge in [0.1, 0.15) is 6.29 Å². The van der Waals surface area contributed by atoms with E-state index in [4.69, 9.17) is 0 Å². The second kappa shape index (κ2) is 4.20. The molecule has 1 nitrogen and oxygen atoms in total. The molecule has 2 rings (SSSR count). The Balaban J connectivity index is 2.22. The molecule has 0 saturated heterocycles. The van der Waals surface area contributed by atoms with Crippen LogP contribution in [0, 0.1) is 17.3 Å². The Morgan fingerprint density at radius 3 is 3.00 bits per heavy atom. The van der Waals surface area contributed by atoms with E-state index in [1.165, 1.54) is 19.3 Å². The largest absolute Gasteiger partial charge is 0.298 e. The zero-order valence-electron chi connectivity index (χ0n) is 10.5. The molecule has 88 valence electrons. The molecule has 0 amide bonds. The first kappa shape index (κ1) is 11.6. The van der Waals surface area contributed by atoms with Crippen LogP contribution in [0.2, 0.25) is 0 Å². The Morgan fingerprint density at radius 2 is 2.31 bits per heavy atom. The molecule has 0 aliphatic heterocycles. The van der Waals surface area contributed by atoms with Gasteiger partial charge in [-0.3, -0.25) is 4.79 Å². The van der Waals surface area contributed by atoms with Crippen molar-refractivity contribution in [2.45, 2.75) is 46.0 Å². The van der Waals surface area contributed by atoms with Gasteiger partial charge in [-0.25, -0.2) is 0 Å². The molecule has 1 fully saturated rings. The molecule has 0 aromatic carbocycles. The number of hydrogen-bond acceptors (Lipinski definition) is 1. The summed E-state index contributed by atoms with van der Waals surface area (Å²) in [6.07, 6.45) is 9.34. The van der Waals surface area contributed by atoms with E-state index in [9.17, 15) is 4.79 Å². The highest BCUT2D eigenvalue weighted by Crippen LogP contribution is 2.52. The average Bonchev–Trinajstić information content (AvgIpc) is 2.29. The minimum atomic E-state index is 0.327. The fourth-order valence-electron chi connectivity index (χ4n) is 3.45. The van der Waals surface area contributed by atoms with Crippen molar-refractivity contribution in [2.24, 2.45) is 17.3 Å². The van der Waals surface area contributed by atoms with Crippen molar-refractivity contribution in [2.75, 3.05) is 0 Å². The second-order valence-electron chi connectivity index (χ2n) is 5.76. The Bertz CT molecular complexity index is 339. The third-order valence-corrected chi connectivity index (χ3v) is 4.92. The molecule has 1 saturated carbocycles. The number of fused-ring (bicyclic) bond motifs is 1. The smallest absolute Gasteiger partial charge is 0.145 e. The van der Waals surface area contributed by atoms with Gasteiger partial charge in [0, 0.05) is 0 Å². The molecule has 0 aromatic heterocycles. The molecule has 16 heavy (non-hydrogen) atoms. The van der Waals surface area contributed by atoms with Crippen LogP contribution in [0.1, 0.15) is 46.0 Å². The van der Waals surface area contributed by atoms with E-state index in [0.29, 0.717) is 11.3 Å². The first-order chi connectivity index (χ1) is 7.58. The van der Waals surface area contributed by atoms with Gasteiger partial charge in [0.15, 0.2) is 0 Å². The van der Waals surface area contributed by atoms with Gasteiger partial charge in [-0.1, -0.05) is 32.1 Å². The van der Waals surface area contributed by atoms with Crippen molar-refractivity contribution in [1.82, 2.24) is 0 Å². The Morgan fingerprint density at radius 1 is 1.56 bits per heavy atom. The van der Waals surface area contributed by atoms with E-state index < -0.39 is 0 Å². The SMILES string of the molecule is C=C(C=O)C1CCC2=CCC[C@@H](C)[C@]2(C)C1. The highest BCUT2D eigenvalue weighted by Gasteiger charge is 2.41. The van der Waals surface area contributed by atoms with Crippen LogP contribution in [-0.4, -0.2) is 6.29 Å². The summed E-state index contributed by atoms with van der Waals surface area (Å²) in [6.45, 7) is 8.65.